The summed E-state index contributed by atoms with van der Waals surface area (Å²) in [5, 5.41) is 3.10. The number of ether oxygens (including phenoxy) is 1. The maximum atomic E-state index is 12.6. The lowest BCUT2D eigenvalue weighted by Gasteiger charge is -2.32. The average molecular weight is 404 g/mol. The summed E-state index contributed by atoms with van der Waals surface area (Å²) in [6, 6.07) is 11.4. The minimum atomic E-state index is -0.222. The zero-order chi connectivity index (χ0) is 20.6. The Morgan fingerprint density at radius 3 is 2.70 bits per heavy atom. The lowest BCUT2D eigenvalue weighted by Crippen LogP contribution is -2.42. The van der Waals surface area contributed by atoms with Gasteiger partial charge in [0.25, 0.3) is 0 Å². The summed E-state index contributed by atoms with van der Waals surface area (Å²) < 4.78 is 5.86. The van der Waals surface area contributed by atoms with Crippen LogP contribution in [0.1, 0.15) is 30.3 Å². The molecule has 1 fully saturated rings. The third kappa shape index (κ3) is 5.36. The van der Waals surface area contributed by atoms with Crippen LogP contribution in [0, 0.1) is 0 Å². The van der Waals surface area contributed by atoms with Gasteiger partial charge in [-0.05, 0) is 43.2 Å². The molecule has 4 heterocycles. The molecule has 8 nitrogen and oxygen atoms in total. The first kappa shape index (κ1) is 19.9. The molecule has 1 unspecified atom stereocenters. The molecule has 0 bridgehead atoms. The number of carbonyl (C=O) groups is 1. The largest absolute Gasteiger partial charge is 0.368 e. The molecule has 0 aliphatic carbocycles. The van der Waals surface area contributed by atoms with Gasteiger partial charge in [-0.3, -0.25) is 14.8 Å². The number of nitrogens with one attached hydrogen (secondary N) is 1. The van der Waals surface area contributed by atoms with E-state index in [1.165, 1.54) is 0 Å². The van der Waals surface area contributed by atoms with E-state index < -0.39 is 0 Å². The number of carbonyl (C=O) groups excluding carboxylic acids is 1. The number of nitrogens with zero attached hydrogens (tertiary/aromatic N) is 5. The molecule has 1 atom stereocenters. The number of aryl methyl sites for hydroxylation is 1. The molecular formula is C22H24N6O2. The van der Waals surface area contributed by atoms with E-state index in [0.29, 0.717) is 32.1 Å². The Bertz CT molecular complexity index is 937. The number of pyridine rings is 2. The van der Waals surface area contributed by atoms with E-state index in [0.717, 1.165) is 29.9 Å². The Balaban J connectivity index is 1.29. The van der Waals surface area contributed by atoms with Crippen molar-refractivity contribution in [3.05, 3.63) is 72.6 Å². The number of aromatic nitrogens is 4. The van der Waals surface area contributed by atoms with E-state index in [-0.39, 0.29) is 12.0 Å². The first-order chi connectivity index (χ1) is 14.8. The van der Waals surface area contributed by atoms with Crippen molar-refractivity contribution in [1.82, 2.24) is 24.8 Å². The summed E-state index contributed by atoms with van der Waals surface area (Å²) >= 11 is 0. The summed E-state index contributed by atoms with van der Waals surface area (Å²) in [5.41, 5.74) is 2.62. The van der Waals surface area contributed by atoms with Crippen LogP contribution in [0.25, 0.3) is 0 Å². The maximum absolute atomic E-state index is 12.6. The Morgan fingerprint density at radius 1 is 1.07 bits per heavy atom. The second-order valence-corrected chi connectivity index (χ2v) is 7.04. The molecule has 30 heavy (non-hydrogen) atoms. The van der Waals surface area contributed by atoms with E-state index in [1.807, 2.05) is 35.2 Å². The maximum Gasteiger partial charge on any atom is 0.227 e. The van der Waals surface area contributed by atoms with Crippen LogP contribution in [-0.4, -0.2) is 50.4 Å². The highest BCUT2D eigenvalue weighted by Crippen LogP contribution is 2.23. The van der Waals surface area contributed by atoms with Gasteiger partial charge >= 0.3 is 0 Å². The predicted molar refractivity (Wildman–Crippen MR) is 112 cm³/mol. The smallest absolute Gasteiger partial charge is 0.227 e. The Labute approximate surface area is 175 Å². The fourth-order valence-electron chi connectivity index (χ4n) is 3.34. The Kier molecular flexibility index (Phi) is 6.56. The van der Waals surface area contributed by atoms with E-state index in [4.69, 9.17) is 4.74 Å². The van der Waals surface area contributed by atoms with E-state index in [9.17, 15) is 4.79 Å². The number of hydrogen-bond acceptors (Lipinski definition) is 7. The van der Waals surface area contributed by atoms with E-state index in [1.54, 1.807) is 30.9 Å². The van der Waals surface area contributed by atoms with Crippen LogP contribution in [0.15, 0.2) is 61.2 Å². The molecule has 0 aromatic carbocycles. The van der Waals surface area contributed by atoms with Crippen molar-refractivity contribution in [3.8, 4) is 0 Å². The third-order valence-electron chi connectivity index (χ3n) is 4.91. The number of rotatable bonds is 7. The van der Waals surface area contributed by atoms with Crippen LogP contribution in [0.3, 0.4) is 0 Å². The standard InChI is InChI=1S/C22H24N6O2/c29-21(7-3-6-17-5-1-2-10-23-17)28-13-14-30-20(16-28)19-9-8-18(15-26-19)27-22-24-11-4-12-25-22/h1-2,4-5,8-12,15,20H,3,6-7,13-14,16H2,(H,24,25,27). The van der Waals surface area contributed by atoms with Gasteiger partial charge in [0.1, 0.15) is 6.10 Å². The minimum absolute atomic E-state index is 0.152. The summed E-state index contributed by atoms with van der Waals surface area (Å²) in [5.74, 6) is 0.669. The zero-order valence-electron chi connectivity index (χ0n) is 16.6. The zero-order valence-corrected chi connectivity index (χ0v) is 16.6. The first-order valence-electron chi connectivity index (χ1n) is 10.1. The fourth-order valence-corrected chi connectivity index (χ4v) is 3.34. The molecule has 3 aromatic rings. The average Bonchev–Trinajstić information content (AvgIpc) is 2.81. The summed E-state index contributed by atoms with van der Waals surface area (Å²) in [7, 11) is 0. The molecule has 8 heteroatoms. The van der Waals surface area contributed by atoms with Gasteiger partial charge in [0.15, 0.2) is 0 Å². The summed E-state index contributed by atoms with van der Waals surface area (Å²) in [4.78, 5) is 31.6. The van der Waals surface area contributed by atoms with Crippen LogP contribution in [0.5, 0.6) is 0 Å². The van der Waals surface area contributed by atoms with Crippen molar-refractivity contribution < 1.29 is 9.53 Å². The number of morpholine rings is 1. The van der Waals surface area contributed by atoms with Gasteiger partial charge in [-0.2, -0.15) is 0 Å². The lowest BCUT2D eigenvalue weighted by atomic mass is 10.1. The van der Waals surface area contributed by atoms with Gasteiger partial charge in [-0.1, -0.05) is 6.07 Å². The molecule has 0 spiro atoms. The highest BCUT2D eigenvalue weighted by molar-refractivity contribution is 5.76. The quantitative estimate of drug-likeness (QED) is 0.647. The van der Waals surface area contributed by atoms with Crippen LogP contribution in [-0.2, 0) is 16.0 Å². The fraction of sp³-hybridized carbons (Fsp3) is 0.318. The molecule has 1 N–H and O–H groups in total. The Hall–Kier alpha value is -3.39. The van der Waals surface area contributed by atoms with Crippen molar-refractivity contribution >= 4 is 17.5 Å². The van der Waals surface area contributed by atoms with Crippen LogP contribution < -0.4 is 5.32 Å². The van der Waals surface area contributed by atoms with Gasteiger partial charge in [-0.15, -0.1) is 0 Å². The van der Waals surface area contributed by atoms with Crippen molar-refractivity contribution in [2.24, 2.45) is 0 Å². The second kappa shape index (κ2) is 9.89. The van der Waals surface area contributed by atoms with Crippen LogP contribution in [0.2, 0.25) is 0 Å². The number of anilines is 2. The molecule has 0 saturated carbocycles. The molecule has 1 aliphatic heterocycles. The third-order valence-corrected chi connectivity index (χ3v) is 4.91. The highest BCUT2D eigenvalue weighted by atomic mass is 16.5. The minimum Gasteiger partial charge on any atom is -0.368 e. The molecule has 1 saturated heterocycles. The van der Waals surface area contributed by atoms with Crippen molar-refractivity contribution in [1.29, 1.82) is 0 Å². The van der Waals surface area contributed by atoms with Crippen LogP contribution in [0.4, 0.5) is 11.6 Å². The molecule has 0 radical (unpaired) electrons. The Morgan fingerprint density at radius 2 is 1.93 bits per heavy atom. The molecule has 154 valence electrons. The molecule has 1 aliphatic rings. The topological polar surface area (TPSA) is 93.1 Å². The van der Waals surface area contributed by atoms with Gasteiger partial charge < -0.3 is 15.0 Å². The summed E-state index contributed by atoms with van der Waals surface area (Å²) in [6.07, 6.45) is 8.74. The van der Waals surface area contributed by atoms with Crippen molar-refractivity contribution in [3.63, 3.8) is 0 Å². The lowest BCUT2D eigenvalue weighted by molar-refractivity contribution is -0.139. The van der Waals surface area contributed by atoms with Crippen molar-refractivity contribution in [2.45, 2.75) is 25.4 Å². The normalized spacial score (nSPS) is 16.3. The monoisotopic (exact) mass is 404 g/mol. The van der Waals surface area contributed by atoms with Crippen LogP contribution >= 0.6 is 0 Å². The molecule has 4 rings (SSSR count). The van der Waals surface area contributed by atoms with E-state index in [2.05, 4.69) is 25.3 Å². The first-order valence-corrected chi connectivity index (χ1v) is 10.1. The van der Waals surface area contributed by atoms with E-state index >= 15 is 0 Å². The molecule has 3 aromatic heterocycles. The second-order valence-electron chi connectivity index (χ2n) is 7.04. The van der Waals surface area contributed by atoms with Gasteiger partial charge in [0, 0.05) is 37.3 Å². The van der Waals surface area contributed by atoms with Crippen molar-refractivity contribution in [2.75, 3.05) is 25.0 Å². The molecular weight excluding hydrogens is 380 g/mol. The number of amides is 1. The highest BCUT2D eigenvalue weighted by Gasteiger charge is 2.26. The van der Waals surface area contributed by atoms with Gasteiger partial charge in [0.2, 0.25) is 11.9 Å². The summed E-state index contributed by atoms with van der Waals surface area (Å²) in [6.45, 7) is 1.64. The predicted octanol–water partition coefficient (Wildman–Crippen LogP) is 2.93. The molecule has 1 amide bonds. The number of hydrogen-bond donors (Lipinski definition) is 1. The SMILES string of the molecule is O=C(CCCc1ccccn1)N1CCOC(c2ccc(Nc3ncccn3)cn2)C1. The van der Waals surface area contributed by atoms with Gasteiger partial charge in [-0.25, -0.2) is 9.97 Å². The van der Waals surface area contributed by atoms with Gasteiger partial charge in [0.05, 0.1) is 30.7 Å².